The zero-order valence-electron chi connectivity index (χ0n) is 11.3. The largest absolute Gasteiger partial charge is 0.225 e. The SMILES string of the molecule is CCC1(OOC2(CC)C=CC=CC2)C=CC=CC1. The van der Waals surface area contributed by atoms with Gasteiger partial charge in [-0.2, -0.15) is 0 Å². The van der Waals surface area contributed by atoms with Gasteiger partial charge in [0, 0.05) is 12.8 Å². The van der Waals surface area contributed by atoms with Crippen molar-refractivity contribution in [2.75, 3.05) is 0 Å². The van der Waals surface area contributed by atoms with Gasteiger partial charge in [-0.3, -0.25) is 0 Å². The zero-order chi connectivity index (χ0) is 12.9. The fourth-order valence-electron chi connectivity index (χ4n) is 2.22. The maximum absolute atomic E-state index is 5.83. The van der Waals surface area contributed by atoms with Crippen LogP contribution < -0.4 is 0 Å². The Kier molecular flexibility index (Phi) is 4.20. The molecule has 0 spiro atoms. The molecule has 0 fully saturated rings. The first-order chi connectivity index (χ1) is 8.74. The van der Waals surface area contributed by atoms with Gasteiger partial charge in [-0.15, -0.1) is 0 Å². The molecule has 0 aromatic heterocycles. The van der Waals surface area contributed by atoms with Gasteiger partial charge in [0.25, 0.3) is 0 Å². The molecular weight excluding hydrogens is 224 g/mol. The Morgan fingerprint density at radius 2 is 1.22 bits per heavy atom. The predicted octanol–water partition coefficient (Wildman–Crippen LogP) is 4.26. The minimum absolute atomic E-state index is 0.300. The summed E-state index contributed by atoms with van der Waals surface area (Å²) >= 11 is 0. The molecule has 2 unspecified atom stereocenters. The Bertz CT molecular complexity index is 354. The highest BCUT2D eigenvalue weighted by Gasteiger charge is 2.34. The molecule has 0 aromatic rings. The van der Waals surface area contributed by atoms with Gasteiger partial charge in [0.05, 0.1) is 0 Å². The molecular formula is C16H22O2. The highest BCUT2D eigenvalue weighted by atomic mass is 17.2. The minimum Gasteiger partial charge on any atom is -0.225 e. The van der Waals surface area contributed by atoms with E-state index in [1.165, 1.54) is 0 Å². The maximum atomic E-state index is 5.83. The van der Waals surface area contributed by atoms with Crippen LogP contribution in [0.3, 0.4) is 0 Å². The van der Waals surface area contributed by atoms with Gasteiger partial charge in [0.1, 0.15) is 11.2 Å². The lowest BCUT2D eigenvalue weighted by Crippen LogP contribution is -2.37. The van der Waals surface area contributed by atoms with Gasteiger partial charge in [0.15, 0.2) is 0 Å². The second kappa shape index (κ2) is 5.68. The molecule has 2 aliphatic carbocycles. The van der Waals surface area contributed by atoms with Crippen LogP contribution in [0.5, 0.6) is 0 Å². The third kappa shape index (κ3) is 2.82. The average molecular weight is 246 g/mol. The van der Waals surface area contributed by atoms with Crippen molar-refractivity contribution < 1.29 is 9.78 Å². The summed E-state index contributed by atoms with van der Waals surface area (Å²) in [4.78, 5) is 11.7. The molecule has 2 heteroatoms. The van der Waals surface area contributed by atoms with Crippen LogP contribution in [0, 0.1) is 0 Å². The van der Waals surface area contributed by atoms with Crippen LogP contribution in [0.4, 0.5) is 0 Å². The standard InChI is InChI=1S/C16H22O2/c1-3-15(11-7-5-8-12-15)17-18-16(4-2)13-9-6-10-14-16/h5-11,13H,3-4,12,14H2,1-2H3. The van der Waals surface area contributed by atoms with Gasteiger partial charge < -0.3 is 0 Å². The third-order valence-electron chi connectivity index (χ3n) is 3.79. The molecule has 2 nitrogen and oxygen atoms in total. The fourth-order valence-corrected chi connectivity index (χ4v) is 2.22. The fraction of sp³-hybridized carbons (Fsp3) is 0.500. The summed E-state index contributed by atoms with van der Waals surface area (Å²) in [6.45, 7) is 4.25. The summed E-state index contributed by atoms with van der Waals surface area (Å²) in [5.74, 6) is 0. The molecule has 2 rings (SSSR count). The van der Waals surface area contributed by atoms with E-state index < -0.39 is 0 Å². The van der Waals surface area contributed by atoms with E-state index in [0.717, 1.165) is 25.7 Å². The van der Waals surface area contributed by atoms with Crippen molar-refractivity contribution in [3.63, 3.8) is 0 Å². The number of hydrogen-bond donors (Lipinski definition) is 0. The van der Waals surface area contributed by atoms with E-state index in [-0.39, 0.29) is 11.2 Å². The quantitative estimate of drug-likeness (QED) is 0.533. The molecule has 0 aromatic carbocycles. The van der Waals surface area contributed by atoms with Crippen molar-refractivity contribution >= 4 is 0 Å². The Morgan fingerprint density at radius 3 is 1.50 bits per heavy atom. The van der Waals surface area contributed by atoms with Crippen molar-refractivity contribution in [2.24, 2.45) is 0 Å². The Labute approximate surface area is 110 Å². The van der Waals surface area contributed by atoms with Crippen LogP contribution in [0.2, 0.25) is 0 Å². The average Bonchev–Trinajstić information content (AvgIpc) is 2.47. The topological polar surface area (TPSA) is 18.5 Å². The molecule has 0 bridgehead atoms. The molecule has 2 aliphatic rings. The van der Waals surface area contributed by atoms with Gasteiger partial charge in [-0.1, -0.05) is 50.3 Å². The van der Waals surface area contributed by atoms with Crippen molar-refractivity contribution in [3.8, 4) is 0 Å². The monoisotopic (exact) mass is 246 g/mol. The number of rotatable bonds is 5. The van der Waals surface area contributed by atoms with Gasteiger partial charge in [-0.05, 0) is 25.0 Å². The van der Waals surface area contributed by atoms with Crippen LogP contribution in [0.15, 0.2) is 48.6 Å². The van der Waals surface area contributed by atoms with E-state index in [4.69, 9.17) is 9.78 Å². The van der Waals surface area contributed by atoms with Crippen molar-refractivity contribution in [1.82, 2.24) is 0 Å². The second-order valence-electron chi connectivity index (χ2n) is 4.99. The van der Waals surface area contributed by atoms with E-state index in [0.29, 0.717) is 0 Å². The van der Waals surface area contributed by atoms with Crippen LogP contribution in [0.25, 0.3) is 0 Å². The first kappa shape index (κ1) is 13.3. The zero-order valence-corrected chi connectivity index (χ0v) is 11.3. The molecule has 0 radical (unpaired) electrons. The highest BCUT2D eigenvalue weighted by Crippen LogP contribution is 2.32. The molecule has 0 saturated carbocycles. The molecule has 2 atom stereocenters. The molecule has 0 aliphatic heterocycles. The molecule has 18 heavy (non-hydrogen) atoms. The third-order valence-corrected chi connectivity index (χ3v) is 3.79. The number of allylic oxidation sites excluding steroid dienone is 4. The van der Waals surface area contributed by atoms with E-state index in [9.17, 15) is 0 Å². The summed E-state index contributed by atoms with van der Waals surface area (Å²) in [6, 6.07) is 0. The van der Waals surface area contributed by atoms with E-state index >= 15 is 0 Å². The van der Waals surface area contributed by atoms with Gasteiger partial charge >= 0.3 is 0 Å². The van der Waals surface area contributed by atoms with Crippen LogP contribution >= 0.6 is 0 Å². The molecule has 98 valence electrons. The molecule has 0 amide bonds. The van der Waals surface area contributed by atoms with Crippen molar-refractivity contribution in [1.29, 1.82) is 0 Å². The summed E-state index contributed by atoms with van der Waals surface area (Å²) in [5.41, 5.74) is -0.599. The minimum atomic E-state index is -0.300. The summed E-state index contributed by atoms with van der Waals surface area (Å²) in [5, 5.41) is 0. The van der Waals surface area contributed by atoms with E-state index in [1.54, 1.807) is 0 Å². The van der Waals surface area contributed by atoms with Crippen LogP contribution in [-0.2, 0) is 9.78 Å². The normalized spacial score (nSPS) is 34.1. The van der Waals surface area contributed by atoms with E-state index in [2.05, 4.69) is 50.3 Å². The first-order valence-corrected chi connectivity index (χ1v) is 6.80. The van der Waals surface area contributed by atoms with E-state index in [1.807, 2.05) is 12.2 Å². The molecule has 0 N–H and O–H groups in total. The highest BCUT2D eigenvalue weighted by molar-refractivity contribution is 5.19. The predicted molar refractivity (Wildman–Crippen MR) is 74.0 cm³/mol. The second-order valence-corrected chi connectivity index (χ2v) is 4.99. The van der Waals surface area contributed by atoms with Crippen LogP contribution in [0.1, 0.15) is 39.5 Å². The van der Waals surface area contributed by atoms with Gasteiger partial charge in [0.2, 0.25) is 0 Å². The molecule has 0 heterocycles. The summed E-state index contributed by atoms with van der Waals surface area (Å²) in [6.07, 6.45) is 20.2. The molecule has 0 saturated heterocycles. The lowest BCUT2D eigenvalue weighted by atomic mass is 9.92. The Morgan fingerprint density at radius 1 is 0.778 bits per heavy atom. The first-order valence-electron chi connectivity index (χ1n) is 6.80. The Balaban J connectivity index is 2.01. The summed E-state index contributed by atoms with van der Waals surface area (Å²) in [7, 11) is 0. The smallest absolute Gasteiger partial charge is 0.125 e. The maximum Gasteiger partial charge on any atom is 0.125 e. The lowest BCUT2D eigenvalue weighted by molar-refractivity contribution is -0.393. The van der Waals surface area contributed by atoms with Gasteiger partial charge in [-0.25, -0.2) is 9.78 Å². The number of hydrogen-bond acceptors (Lipinski definition) is 2. The van der Waals surface area contributed by atoms with Crippen LogP contribution in [-0.4, -0.2) is 11.2 Å². The Hall–Kier alpha value is -1.12. The van der Waals surface area contributed by atoms with Crippen molar-refractivity contribution in [2.45, 2.75) is 50.7 Å². The lowest BCUT2D eigenvalue weighted by Gasteiger charge is -2.35. The summed E-state index contributed by atoms with van der Waals surface area (Å²) < 4.78 is 0. The van der Waals surface area contributed by atoms with Crippen molar-refractivity contribution in [3.05, 3.63) is 48.6 Å².